The highest BCUT2D eigenvalue weighted by molar-refractivity contribution is 7.10. The number of nitrogens with zero attached hydrogens (tertiary/aromatic N) is 1. The molecule has 80 valence electrons. The van der Waals surface area contributed by atoms with Gasteiger partial charge in [-0.1, -0.05) is 24.3 Å². The Morgan fingerprint density at radius 3 is 2.88 bits per heavy atom. The van der Waals surface area contributed by atoms with E-state index in [9.17, 15) is 0 Å². The molecule has 0 radical (unpaired) electrons. The molecule has 16 heavy (non-hydrogen) atoms. The first-order chi connectivity index (χ1) is 7.84. The smallest absolute Gasteiger partial charge is 0.154 e. The van der Waals surface area contributed by atoms with Gasteiger partial charge in [-0.05, 0) is 24.4 Å². The SMILES string of the molecule is CC1=NC(c2cccs2)Nc2ccccc21. The topological polar surface area (TPSA) is 24.4 Å². The van der Waals surface area contributed by atoms with Gasteiger partial charge in [0.05, 0.1) is 0 Å². The maximum absolute atomic E-state index is 4.68. The standard InChI is InChI=1S/C13H12N2S/c1-9-10-5-2-3-6-11(10)15-13(14-9)12-7-4-8-16-12/h2-8,13,15H,1H3. The van der Waals surface area contributed by atoms with E-state index in [0.717, 1.165) is 5.71 Å². The number of hydrogen-bond donors (Lipinski definition) is 1. The van der Waals surface area contributed by atoms with Crippen molar-refractivity contribution in [3.8, 4) is 0 Å². The second kappa shape index (κ2) is 3.76. The fraction of sp³-hybridized carbons (Fsp3) is 0.154. The molecule has 2 nitrogen and oxygen atoms in total. The summed E-state index contributed by atoms with van der Waals surface area (Å²) in [5.41, 5.74) is 3.48. The molecule has 2 heterocycles. The van der Waals surface area contributed by atoms with Gasteiger partial charge in [-0.2, -0.15) is 0 Å². The lowest BCUT2D eigenvalue weighted by atomic mass is 10.1. The van der Waals surface area contributed by atoms with Gasteiger partial charge in [-0.15, -0.1) is 11.3 Å². The van der Waals surface area contributed by atoms with Crippen molar-refractivity contribution in [2.45, 2.75) is 13.1 Å². The minimum atomic E-state index is 0.0786. The Labute approximate surface area is 98.7 Å². The summed E-state index contributed by atoms with van der Waals surface area (Å²) < 4.78 is 0. The van der Waals surface area contributed by atoms with Crippen molar-refractivity contribution < 1.29 is 0 Å². The van der Waals surface area contributed by atoms with E-state index in [1.807, 2.05) is 6.07 Å². The molecule has 0 bridgehead atoms. The molecular weight excluding hydrogens is 216 g/mol. The van der Waals surface area contributed by atoms with E-state index in [2.05, 4.69) is 52.9 Å². The van der Waals surface area contributed by atoms with Crippen LogP contribution in [-0.4, -0.2) is 5.71 Å². The molecule has 1 unspecified atom stereocenters. The number of thiophene rings is 1. The third kappa shape index (κ3) is 1.53. The summed E-state index contributed by atoms with van der Waals surface area (Å²) in [6, 6.07) is 12.5. The number of benzene rings is 1. The molecule has 2 aromatic rings. The first-order valence-corrected chi connectivity index (χ1v) is 6.16. The van der Waals surface area contributed by atoms with E-state index in [-0.39, 0.29) is 6.17 Å². The Hall–Kier alpha value is -1.61. The van der Waals surface area contributed by atoms with Crippen LogP contribution in [0.4, 0.5) is 5.69 Å². The predicted octanol–water partition coefficient (Wildman–Crippen LogP) is 3.68. The number of aliphatic imine (C=N–C) groups is 1. The fourth-order valence-electron chi connectivity index (χ4n) is 1.95. The summed E-state index contributed by atoms with van der Waals surface area (Å²) in [5.74, 6) is 0. The van der Waals surface area contributed by atoms with Crippen LogP contribution in [-0.2, 0) is 0 Å². The summed E-state index contributed by atoms with van der Waals surface area (Å²) >= 11 is 1.74. The quantitative estimate of drug-likeness (QED) is 0.791. The van der Waals surface area contributed by atoms with Gasteiger partial charge in [0.2, 0.25) is 0 Å². The zero-order valence-corrected chi connectivity index (χ0v) is 9.79. The second-order valence-electron chi connectivity index (χ2n) is 3.82. The van der Waals surface area contributed by atoms with Crippen molar-refractivity contribution >= 4 is 22.7 Å². The Balaban J connectivity index is 2.03. The molecule has 0 fully saturated rings. The van der Waals surface area contributed by atoms with E-state index in [0.29, 0.717) is 0 Å². The van der Waals surface area contributed by atoms with Crippen molar-refractivity contribution in [3.05, 3.63) is 52.2 Å². The second-order valence-corrected chi connectivity index (χ2v) is 4.80. The predicted molar refractivity (Wildman–Crippen MR) is 69.3 cm³/mol. The summed E-state index contributed by atoms with van der Waals surface area (Å²) in [6.07, 6.45) is 0.0786. The van der Waals surface area contributed by atoms with Crippen molar-refractivity contribution in [1.29, 1.82) is 0 Å². The zero-order valence-electron chi connectivity index (χ0n) is 8.97. The first-order valence-electron chi connectivity index (χ1n) is 5.28. The van der Waals surface area contributed by atoms with Gasteiger partial charge < -0.3 is 5.32 Å². The number of anilines is 1. The van der Waals surface area contributed by atoms with E-state index in [1.165, 1.54) is 16.1 Å². The summed E-state index contributed by atoms with van der Waals surface area (Å²) in [5, 5.41) is 5.54. The lowest BCUT2D eigenvalue weighted by Gasteiger charge is -2.23. The zero-order chi connectivity index (χ0) is 11.0. The maximum atomic E-state index is 4.68. The molecular formula is C13H12N2S. The number of para-hydroxylation sites is 1. The molecule has 3 heteroatoms. The van der Waals surface area contributed by atoms with Crippen molar-refractivity contribution in [2.24, 2.45) is 4.99 Å². The molecule has 1 atom stereocenters. The largest absolute Gasteiger partial charge is 0.359 e. The van der Waals surface area contributed by atoms with Gasteiger partial charge in [0, 0.05) is 21.8 Å². The van der Waals surface area contributed by atoms with Crippen LogP contribution in [0.5, 0.6) is 0 Å². The molecule has 3 rings (SSSR count). The van der Waals surface area contributed by atoms with Gasteiger partial charge in [0.15, 0.2) is 6.17 Å². The van der Waals surface area contributed by atoms with Crippen LogP contribution in [0.2, 0.25) is 0 Å². The van der Waals surface area contributed by atoms with Crippen LogP contribution in [0.15, 0.2) is 46.8 Å². The normalized spacial score (nSPS) is 18.6. The number of rotatable bonds is 1. The lowest BCUT2D eigenvalue weighted by Crippen LogP contribution is -2.17. The number of nitrogens with one attached hydrogen (secondary N) is 1. The van der Waals surface area contributed by atoms with Gasteiger partial charge in [0.25, 0.3) is 0 Å². The Bertz CT molecular complexity index is 529. The van der Waals surface area contributed by atoms with E-state index < -0.39 is 0 Å². The van der Waals surface area contributed by atoms with Crippen LogP contribution in [0.3, 0.4) is 0 Å². The fourth-order valence-corrected chi connectivity index (χ4v) is 2.66. The third-order valence-corrected chi connectivity index (χ3v) is 3.67. The Morgan fingerprint density at radius 2 is 2.06 bits per heavy atom. The molecule has 0 saturated heterocycles. The van der Waals surface area contributed by atoms with E-state index in [1.54, 1.807) is 11.3 Å². The van der Waals surface area contributed by atoms with Gasteiger partial charge in [0.1, 0.15) is 0 Å². The van der Waals surface area contributed by atoms with Crippen LogP contribution in [0.1, 0.15) is 23.5 Å². The molecule has 1 N–H and O–H groups in total. The van der Waals surface area contributed by atoms with Gasteiger partial charge >= 0.3 is 0 Å². The molecule has 0 aliphatic carbocycles. The van der Waals surface area contributed by atoms with Crippen molar-refractivity contribution in [1.82, 2.24) is 0 Å². The Morgan fingerprint density at radius 1 is 1.19 bits per heavy atom. The highest BCUT2D eigenvalue weighted by Crippen LogP contribution is 2.31. The van der Waals surface area contributed by atoms with Crippen molar-refractivity contribution in [3.63, 3.8) is 0 Å². The monoisotopic (exact) mass is 228 g/mol. The third-order valence-electron chi connectivity index (χ3n) is 2.74. The van der Waals surface area contributed by atoms with Crippen LogP contribution in [0.25, 0.3) is 0 Å². The molecule has 0 spiro atoms. The van der Waals surface area contributed by atoms with Crippen LogP contribution >= 0.6 is 11.3 Å². The average molecular weight is 228 g/mol. The summed E-state index contributed by atoms with van der Waals surface area (Å²) in [6.45, 7) is 2.07. The molecule has 0 saturated carbocycles. The molecule has 1 aromatic heterocycles. The molecule has 0 amide bonds. The molecule has 1 aliphatic heterocycles. The minimum Gasteiger partial charge on any atom is -0.359 e. The lowest BCUT2D eigenvalue weighted by molar-refractivity contribution is 0.846. The first kappa shape index (κ1) is 9.60. The average Bonchev–Trinajstić information content (AvgIpc) is 2.82. The minimum absolute atomic E-state index is 0.0786. The Kier molecular flexibility index (Phi) is 2.26. The number of fused-ring (bicyclic) bond motifs is 1. The summed E-state index contributed by atoms with van der Waals surface area (Å²) in [4.78, 5) is 5.94. The molecule has 1 aromatic carbocycles. The van der Waals surface area contributed by atoms with E-state index >= 15 is 0 Å². The van der Waals surface area contributed by atoms with E-state index in [4.69, 9.17) is 0 Å². The maximum Gasteiger partial charge on any atom is 0.154 e. The highest BCUT2D eigenvalue weighted by Gasteiger charge is 2.18. The highest BCUT2D eigenvalue weighted by atomic mass is 32.1. The van der Waals surface area contributed by atoms with Crippen LogP contribution < -0.4 is 5.32 Å². The van der Waals surface area contributed by atoms with Gasteiger partial charge in [-0.3, -0.25) is 4.99 Å². The summed E-state index contributed by atoms with van der Waals surface area (Å²) in [7, 11) is 0. The number of hydrogen-bond acceptors (Lipinski definition) is 3. The molecule has 1 aliphatic rings. The van der Waals surface area contributed by atoms with Crippen molar-refractivity contribution in [2.75, 3.05) is 5.32 Å². The van der Waals surface area contributed by atoms with Gasteiger partial charge in [-0.25, -0.2) is 0 Å². The van der Waals surface area contributed by atoms with Crippen LogP contribution in [0, 0.1) is 0 Å².